The van der Waals surface area contributed by atoms with Crippen LogP contribution in [0.4, 0.5) is 0 Å². The molecule has 0 unspecified atom stereocenters. The molecule has 126 valence electrons. The summed E-state index contributed by atoms with van der Waals surface area (Å²) >= 11 is 0. The van der Waals surface area contributed by atoms with E-state index in [1.165, 1.54) is 5.56 Å². The van der Waals surface area contributed by atoms with Gasteiger partial charge in [0.2, 0.25) is 5.91 Å². The maximum absolute atomic E-state index is 12.5. The molecule has 0 radical (unpaired) electrons. The zero-order valence-electron chi connectivity index (χ0n) is 14.2. The predicted octanol–water partition coefficient (Wildman–Crippen LogP) is 2.58. The Morgan fingerprint density at radius 3 is 2.65 bits per heavy atom. The third-order valence-electron chi connectivity index (χ3n) is 5.29. The van der Waals surface area contributed by atoms with Gasteiger partial charge in [0.05, 0.1) is 25.7 Å². The number of methoxy groups -OCH3 is 1. The largest absolute Gasteiger partial charge is 0.382 e. The molecule has 1 amide bonds. The number of hydrogen-bond donors (Lipinski definition) is 0. The molecule has 0 aliphatic carbocycles. The molecule has 1 spiro atoms. The fraction of sp³-hybridized carbons (Fsp3) is 0.632. The molecule has 4 nitrogen and oxygen atoms in total. The van der Waals surface area contributed by atoms with Crippen LogP contribution in [0.15, 0.2) is 24.3 Å². The summed E-state index contributed by atoms with van der Waals surface area (Å²) in [6.45, 7) is 5.27. The van der Waals surface area contributed by atoms with Gasteiger partial charge < -0.3 is 14.4 Å². The molecule has 23 heavy (non-hydrogen) atoms. The van der Waals surface area contributed by atoms with Gasteiger partial charge in [-0.15, -0.1) is 0 Å². The number of nitrogens with zero attached hydrogens (tertiary/aromatic N) is 1. The Hall–Kier alpha value is -1.39. The topological polar surface area (TPSA) is 38.8 Å². The number of likely N-dealkylation sites (tertiary alicyclic amines) is 1. The highest BCUT2D eigenvalue weighted by Gasteiger charge is 2.42. The SMILES string of the molecule is COC[C@H]1CC2(CCN(C(=O)Cc3ccc(C)cc3)CC2)CO1. The molecule has 0 saturated carbocycles. The molecule has 2 heterocycles. The zero-order chi connectivity index (χ0) is 16.3. The summed E-state index contributed by atoms with van der Waals surface area (Å²) in [5.41, 5.74) is 2.60. The van der Waals surface area contributed by atoms with Crippen LogP contribution in [0.3, 0.4) is 0 Å². The second-order valence-electron chi connectivity index (χ2n) is 7.14. The number of carbonyl (C=O) groups excluding carboxylic acids is 1. The standard InChI is InChI=1S/C19H27NO3/c1-15-3-5-16(6-4-15)11-18(21)20-9-7-19(8-10-20)12-17(13-22-2)23-14-19/h3-6,17H,7-14H2,1-2H3/t17-/m1/s1. The van der Waals surface area contributed by atoms with Gasteiger partial charge in [0.15, 0.2) is 0 Å². The van der Waals surface area contributed by atoms with Crippen LogP contribution in [0, 0.1) is 12.3 Å². The Morgan fingerprint density at radius 2 is 2.00 bits per heavy atom. The fourth-order valence-electron chi connectivity index (χ4n) is 3.76. The lowest BCUT2D eigenvalue weighted by molar-refractivity contribution is -0.132. The van der Waals surface area contributed by atoms with Crippen molar-refractivity contribution in [2.45, 2.75) is 38.7 Å². The molecular formula is C19H27NO3. The summed E-state index contributed by atoms with van der Waals surface area (Å²) in [5.74, 6) is 0.246. The van der Waals surface area contributed by atoms with Crippen LogP contribution in [0.25, 0.3) is 0 Å². The van der Waals surface area contributed by atoms with Crippen LogP contribution in [0.5, 0.6) is 0 Å². The number of hydrogen-bond acceptors (Lipinski definition) is 3. The number of carbonyl (C=O) groups is 1. The predicted molar refractivity (Wildman–Crippen MR) is 89.4 cm³/mol. The Balaban J connectivity index is 1.50. The second kappa shape index (κ2) is 7.02. The monoisotopic (exact) mass is 317 g/mol. The minimum absolute atomic E-state index is 0.231. The number of rotatable bonds is 4. The quantitative estimate of drug-likeness (QED) is 0.857. The summed E-state index contributed by atoms with van der Waals surface area (Å²) in [4.78, 5) is 14.5. The first-order chi connectivity index (χ1) is 11.1. The summed E-state index contributed by atoms with van der Waals surface area (Å²) in [6.07, 6.45) is 3.91. The minimum atomic E-state index is 0.231. The second-order valence-corrected chi connectivity index (χ2v) is 7.14. The van der Waals surface area contributed by atoms with E-state index in [2.05, 4.69) is 31.2 Å². The highest BCUT2D eigenvalue weighted by atomic mass is 16.5. The Bertz CT molecular complexity index is 532. The van der Waals surface area contributed by atoms with E-state index in [-0.39, 0.29) is 17.4 Å². The van der Waals surface area contributed by atoms with Gasteiger partial charge in [0.1, 0.15) is 0 Å². The summed E-state index contributed by atoms with van der Waals surface area (Å²) < 4.78 is 11.1. The van der Waals surface area contributed by atoms with Gasteiger partial charge in [-0.25, -0.2) is 0 Å². The van der Waals surface area contributed by atoms with E-state index in [1.807, 2.05) is 4.90 Å². The molecular weight excluding hydrogens is 290 g/mol. The van der Waals surface area contributed by atoms with Gasteiger partial charge in [-0.1, -0.05) is 29.8 Å². The molecule has 1 aromatic rings. The van der Waals surface area contributed by atoms with Gasteiger partial charge in [-0.05, 0) is 37.2 Å². The smallest absolute Gasteiger partial charge is 0.226 e. The number of piperidine rings is 1. The van der Waals surface area contributed by atoms with Crippen LogP contribution in [0.1, 0.15) is 30.4 Å². The van der Waals surface area contributed by atoms with Crippen LogP contribution in [-0.4, -0.2) is 50.3 Å². The average molecular weight is 317 g/mol. The Labute approximate surface area is 138 Å². The zero-order valence-corrected chi connectivity index (χ0v) is 14.2. The Morgan fingerprint density at radius 1 is 1.30 bits per heavy atom. The van der Waals surface area contributed by atoms with Gasteiger partial charge in [0.25, 0.3) is 0 Å². The normalized spacial score (nSPS) is 23.4. The van der Waals surface area contributed by atoms with E-state index in [0.717, 1.165) is 44.5 Å². The lowest BCUT2D eigenvalue weighted by Crippen LogP contribution is -2.44. The van der Waals surface area contributed by atoms with E-state index in [4.69, 9.17) is 9.47 Å². The number of ether oxygens (including phenoxy) is 2. The molecule has 2 fully saturated rings. The fourth-order valence-corrected chi connectivity index (χ4v) is 3.76. The van der Waals surface area contributed by atoms with Crippen molar-refractivity contribution in [3.05, 3.63) is 35.4 Å². The third-order valence-corrected chi connectivity index (χ3v) is 5.29. The number of benzene rings is 1. The summed E-state index contributed by atoms with van der Waals surface area (Å²) in [6, 6.07) is 8.25. The van der Waals surface area contributed by atoms with Gasteiger partial charge >= 0.3 is 0 Å². The average Bonchev–Trinajstić information content (AvgIpc) is 2.93. The molecule has 1 aromatic carbocycles. The van der Waals surface area contributed by atoms with E-state index < -0.39 is 0 Å². The first kappa shape index (κ1) is 16.5. The van der Waals surface area contributed by atoms with Crippen LogP contribution >= 0.6 is 0 Å². The van der Waals surface area contributed by atoms with E-state index in [9.17, 15) is 4.79 Å². The van der Waals surface area contributed by atoms with Crippen LogP contribution in [0.2, 0.25) is 0 Å². The number of aryl methyl sites for hydroxylation is 1. The highest BCUT2D eigenvalue weighted by Crippen LogP contribution is 2.42. The first-order valence-electron chi connectivity index (χ1n) is 8.54. The van der Waals surface area contributed by atoms with E-state index in [1.54, 1.807) is 7.11 Å². The molecule has 2 aliphatic rings. The molecule has 3 rings (SSSR count). The first-order valence-corrected chi connectivity index (χ1v) is 8.54. The summed E-state index contributed by atoms with van der Waals surface area (Å²) in [5, 5.41) is 0. The third kappa shape index (κ3) is 3.93. The van der Waals surface area contributed by atoms with E-state index in [0.29, 0.717) is 13.0 Å². The molecule has 4 heteroatoms. The summed E-state index contributed by atoms with van der Waals surface area (Å²) in [7, 11) is 1.72. The maximum Gasteiger partial charge on any atom is 0.226 e. The van der Waals surface area contributed by atoms with Crippen molar-refractivity contribution in [2.75, 3.05) is 33.4 Å². The maximum atomic E-state index is 12.5. The van der Waals surface area contributed by atoms with Crippen LogP contribution < -0.4 is 0 Å². The molecule has 2 saturated heterocycles. The molecule has 0 aromatic heterocycles. The van der Waals surface area contributed by atoms with Crippen molar-refractivity contribution in [1.29, 1.82) is 0 Å². The van der Waals surface area contributed by atoms with Crippen LogP contribution in [-0.2, 0) is 20.7 Å². The highest BCUT2D eigenvalue weighted by molar-refractivity contribution is 5.78. The van der Waals surface area contributed by atoms with Gasteiger partial charge in [-0.2, -0.15) is 0 Å². The molecule has 0 N–H and O–H groups in total. The van der Waals surface area contributed by atoms with Crippen molar-refractivity contribution in [3.8, 4) is 0 Å². The van der Waals surface area contributed by atoms with Crippen molar-refractivity contribution in [1.82, 2.24) is 4.90 Å². The van der Waals surface area contributed by atoms with Gasteiger partial charge in [0, 0.05) is 20.2 Å². The van der Waals surface area contributed by atoms with Crippen molar-refractivity contribution >= 4 is 5.91 Å². The van der Waals surface area contributed by atoms with Crippen molar-refractivity contribution < 1.29 is 14.3 Å². The van der Waals surface area contributed by atoms with Gasteiger partial charge in [-0.3, -0.25) is 4.79 Å². The lowest BCUT2D eigenvalue weighted by atomic mass is 9.76. The van der Waals surface area contributed by atoms with Crippen molar-refractivity contribution in [2.24, 2.45) is 5.41 Å². The van der Waals surface area contributed by atoms with Crippen molar-refractivity contribution in [3.63, 3.8) is 0 Å². The molecule has 2 aliphatic heterocycles. The number of amides is 1. The Kier molecular flexibility index (Phi) is 5.02. The molecule has 0 bridgehead atoms. The lowest BCUT2D eigenvalue weighted by Gasteiger charge is -2.38. The van der Waals surface area contributed by atoms with E-state index >= 15 is 0 Å². The molecule has 1 atom stereocenters. The minimum Gasteiger partial charge on any atom is -0.382 e.